The molecular formula is C12H9FN4. The van der Waals surface area contributed by atoms with Gasteiger partial charge in [0.25, 0.3) is 0 Å². The van der Waals surface area contributed by atoms with Crippen molar-refractivity contribution in [2.24, 2.45) is 0 Å². The minimum Gasteiger partial charge on any atom is -0.361 e. The van der Waals surface area contributed by atoms with Gasteiger partial charge in [0.05, 0.1) is 0 Å². The summed E-state index contributed by atoms with van der Waals surface area (Å²) in [5.74, 6) is -0.113. The number of nitrogens with one attached hydrogen (secondary N) is 2. The largest absolute Gasteiger partial charge is 0.361 e. The average molecular weight is 228 g/mol. The lowest BCUT2D eigenvalue weighted by Crippen LogP contribution is -1.95. The highest BCUT2D eigenvalue weighted by Gasteiger charge is 2.00. The molecule has 17 heavy (non-hydrogen) atoms. The first-order chi connectivity index (χ1) is 8.31. The number of rotatable bonds is 2. The first-order valence-corrected chi connectivity index (χ1v) is 5.13. The molecule has 3 aromatic rings. The first-order valence-electron chi connectivity index (χ1n) is 5.13. The lowest BCUT2D eigenvalue weighted by molar-refractivity contribution is 0.580. The highest BCUT2D eigenvalue weighted by atomic mass is 19.1. The number of hydrogen-bond acceptors (Lipinski definition) is 3. The van der Waals surface area contributed by atoms with Gasteiger partial charge in [-0.1, -0.05) is 0 Å². The van der Waals surface area contributed by atoms with Crippen molar-refractivity contribution >= 4 is 22.4 Å². The lowest BCUT2D eigenvalue weighted by atomic mass is 10.2. The summed E-state index contributed by atoms with van der Waals surface area (Å²) in [6.45, 7) is 0. The van der Waals surface area contributed by atoms with E-state index in [0.717, 1.165) is 16.6 Å². The van der Waals surface area contributed by atoms with Crippen LogP contribution in [0.2, 0.25) is 0 Å². The van der Waals surface area contributed by atoms with Crippen molar-refractivity contribution in [3.8, 4) is 0 Å². The first kappa shape index (κ1) is 9.77. The second-order valence-electron chi connectivity index (χ2n) is 3.63. The number of fused-ring (bicyclic) bond motifs is 1. The maximum atomic E-state index is 12.9. The average Bonchev–Trinajstić information content (AvgIpc) is 2.76. The summed E-state index contributed by atoms with van der Waals surface area (Å²) in [6.07, 6.45) is 3.06. The third-order valence-electron chi connectivity index (χ3n) is 2.46. The Balaban J connectivity index is 1.94. The molecule has 0 unspecified atom stereocenters. The molecule has 2 aromatic heterocycles. The Bertz CT molecular complexity index is 662. The molecule has 0 saturated heterocycles. The van der Waals surface area contributed by atoms with E-state index in [1.807, 2.05) is 30.5 Å². The van der Waals surface area contributed by atoms with Crippen LogP contribution in [0.15, 0.2) is 42.9 Å². The van der Waals surface area contributed by atoms with E-state index in [9.17, 15) is 4.39 Å². The molecule has 2 N–H and O–H groups in total. The molecule has 3 rings (SSSR count). The van der Waals surface area contributed by atoms with Gasteiger partial charge in [-0.15, -0.1) is 0 Å². The van der Waals surface area contributed by atoms with Crippen molar-refractivity contribution in [2.45, 2.75) is 0 Å². The second-order valence-corrected chi connectivity index (χ2v) is 3.63. The standard InChI is InChI=1S/C12H9FN4/c13-11-6-12(16-7-15-11)17-9-1-2-10-8(5-9)3-4-14-10/h1-7,14H,(H,15,16,17). The van der Waals surface area contributed by atoms with Gasteiger partial charge in [0.1, 0.15) is 12.1 Å². The Morgan fingerprint density at radius 1 is 1.12 bits per heavy atom. The van der Waals surface area contributed by atoms with Gasteiger partial charge in [-0.2, -0.15) is 4.39 Å². The van der Waals surface area contributed by atoms with Crippen molar-refractivity contribution in [1.29, 1.82) is 0 Å². The number of aromatic nitrogens is 3. The van der Waals surface area contributed by atoms with E-state index in [-0.39, 0.29) is 0 Å². The number of hydrogen-bond donors (Lipinski definition) is 2. The third kappa shape index (κ3) is 1.94. The Hall–Kier alpha value is -2.43. The monoisotopic (exact) mass is 228 g/mol. The van der Waals surface area contributed by atoms with Gasteiger partial charge in [0.15, 0.2) is 0 Å². The minimum atomic E-state index is -0.551. The Kier molecular flexibility index (Phi) is 2.22. The number of benzene rings is 1. The lowest BCUT2D eigenvalue weighted by Gasteiger charge is -2.04. The van der Waals surface area contributed by atoms with Crippen LogP contribution in [0.3, 0.4) is 0 Å². The summed E-state index contributed by atoms with van der Waals surface area (Å²) in [4.78, 5) is 10.4. The zero-order valence-electron chi connectivity index (χ0n) is 8.81. The molecule has 2 heterocycles. The molecule has 0 atom stereocenters. The van der Waals surface area contributed by atoms with Crippen molar-refractivity contribution in [1.82, 2.24) is 15.0 Å². The van der Waals surface area contributed by atoms with Crippen LogP contribution in [0.25, 0.3) is 10.9 Å². The third-order valence-corrected chi connectivity index (χ3v) is 2.46. The van der Waals surface area contributed by atoms with Crippen molar-refractivity contribution in [3.05, 3.63) is 48.8 Å². The van der Waals surface area contributed by atoms with Gasteiger partial charge >= 0.3 is 0 Å². The fourth-order valence-corrected chi connectivity index (χ4v) is 1.68. The van der Waals surface area contributed by atoms with Gasteiger partial charge < -0.3 is 10.3 Å². The van der Waals surface area contributed by atoms with Gasteiger partial charge in [-0.25, -0.2) is 9.97 Å². The molecule has 4 nitrogen and oxygen atoms in total. The topological polar surface area (TPSA) is 53.6 Å². The Morgan fingerprint density at radius 2 is 2.06 bits per heavy atom. The Labute approximate surface area is 96.5 Å². The van der Waals surface area contributed by atoms with Crippen LogP contribution in [0, 0.1) is 5.95 Å². The van der Waals surface area contributed by atoms with Crippen LogP contribution >= 0.6 is 0 Å². The highest BCUT2D eigenvalue weighted by Crippen LogP contribution is 2.20. The molecule has 0 amide bonds. The van der Waals surface area contributed by atoms with Crippen molar-refractivity contribution < 1.29 is 4.39 Å². The SMILES string of the molecule is Fc1cc(Nc2ccc3[nH]ccc3c2)ncn1. The van der Waals surface area contributed by atoms with E-state index in [1.165, 1.54) is 12.4 Å². The van der Waals surface area contributed by atoms with Crippen LogP contribution < -0.4 is 5.32 Å². The molecule has 0 fully saturated rings. The summed E-state index contributed by atoms with van der Waals surface area (Å²) in [6, 6.07) is 9.04. The summed E-state index contributed by atoms with van der Waals surface area (Å²) in [7, 11) is 0. The van der Waals surface area contributed by atoms with E-state index < -0.39 is 5.95 Å². The van der Waals surface area contributed by atoms with E-state index in [4.69, 9.17) is 0 Å². The molecule has 0 aliphatic heterocycles. The van der Waals surface area contributed by atoms with Gasteiger partial charge in [-0.05, 0) is 24.3 Å². The van der Waals surface area contributed by atoms with Crippen molar-refractivity contribution in [2.75, 3.05) is 5.32 Å². The van der Waals surface area contributed by atoms with Crippen LogP contribution in [-0.4, -0.2) is 15.0 Å². The smallest absolute Gasteiger partial charge is 0.218 e. The summed E-state index contributed by atoms with van der Waals surface area (Å²) >= 11 is 0. The molecule has 0 spiro atoms. The fourth-order valence-electron chi connectivity index (χ4n) is 1.68. The zero-order chi connectivity index (χ0) is 11.7. The zero-order valence-corrected chi connectivity index (χ0v) is 8.81. The summed E-state index contributed by atoms with van der Waals surface area (Å²) < 4.78 is 12.9. The molecule has 0 aliphatic carbocycles. The molecule has 0 bridgehead atoms. The molecule has 0 saturated carbocycles. The van der Waals surface area contributed by atoms with Gasteiger partial charge in [0.2, 0.25) is 5.95 Å². The maximum absolute atomic E-state index is 12.9. The number of aromatic amines is 1. The molecular weight excluding hydrogens is 219 g/mol. The molecule has 5 heteroatoms. The van der Waals surface area contributed by atoms with Gasteiger partial charge in [-0.3, -0.25) is 0 Å². The van der Waals surface area contributed by atoms with E-state index in [1.54, 1.807) is 0 Å². The summed E-state index contributed by atoms with van der Waals surface area (Å²) in [5.41, 5.74) is 1.92. The van der Waals surface area contributed by atoms with Crippen LogP contribution in [0.4, 0.5) is 15.9 Å². The molecule has 0 aliphatic rings. The van der Waals surface area contributed by atoms with Crippen LogP contribution in [0.5, 0.6) is 0 Å². The summed E-state index contributed by atoms with van der Waals surface area (Å²) in [5, 5.41) is 4.11. The number of anilines is 2. The van der Waals surface area contributed by atoms with Gasteiger partial charge in [0, 0.05) is 28.9 Å². The van der Waals surface area contributed by atoms with Crippen molar-refractivity contribution in [3.63, 3.8) is 0 Å². The molecule has 0 radical (unpaired) electrons. The normalized spacial score (nSPS) is 10.6. The molecule has 1 aromatic carbocycles. The number of H-pyrrole nitrogens is 1. The van der Waals surface area contributed by atoms with Crippen LogP contribution in [-0.2, 0) is 0 Å². The Morgan fingerprint density at radius 3 is 2.94 bits per heavy atom. The number of nitrogens with zero attached hydrogens (tertiary/aromatic N) is 2. The highest BCUT2D eigenvalue weighted by molar-refractivity contribution is 5.83. The van der Waals surface area contributed by atoms with Crippen LogP contribution in [0.1, 0.15) is 0 Å². The quantitative estimate of drug-likeness (QED) is 0.663. The predicted molar refractivity (Wildman–Crippen MR) is 63.6 cm³/mol. The number of halogens is 1. The van der Waals surface area contributed by atoms with E-state index in [2.05, 4.69) is 20.3 Å². The molecule has 84 valence electrons. The van der Waals surface area contributed by atoms with E-state index in [0.29, 0.717) is 5.82 Å². The fraction of sp³-hybridized carbons (Fsp3) is 0. The second kappa shape index (κ2) is 3.86. The minimum absolute atomic E-state index is 0.437. The predicted octanol–water partition coefficient (Wildman–Crippen LogP) is 2.84. The van der Waals surface area contributed by atoms with E-state index >= 15 is 0 Å². The maximum Gasteiger partial charge on any atom is 0.218 e.